The van der Waals surface area contributed by atoms with Crippen LogP contribution >= 0.6 is 0 Å². The van der Waals surface area contributed by atoms with Gasteiger partial charge in [0.2, 0.25) is 0 Å². The monoisotopic (exact) mass is 189 g/mol. The van der Waals surface area contributed by atoms with Crippen LogP contribution in [-0.4, -0.2) is 16.6 Å². The fourth-order valence-corrected chi connectivity index (χ4v) is 1.72. The number of aryl methyl sites for hydroxylation is 1. The average Bonchev–Trinajstić information content (AvgIpc) is 2.59. The maximum Gasteiger partial charge on any atom is 0.139 e. The van der Waals surface area contributed by atoms with E-state index in [0.29, 0.717) is 6.04 Å². The van der Waals surface area contributed by atoms with E-state index in [0.717, 1.165) is 5.65 Å². The van der Waals surface area contributed by atoms with E-state index in [1.807, 2.05) is 31.1 Å². The van der Waals surface area contributed by atoms with E-state index in [4.69, 9.17) is 0 Å². The molecule has 2 aromatic rings. The lowest BCUT2D eigenvalue weighted by Gasteiger charge is -2.11. The van der Waals surface area contributed by atoms with Gasteiger partial charge in [0.05, 0.1) is 0 Å². The van der Waals surface area contributed by atoms with Crippen LogP contribution in [0.4, 0.5) is 0 Å². The second-order valence-corrected chi connectivity index (χ2v) is 3.57. The molecule has 0 bridgehead atoms. The smallest absolute Gasteiger partial charge is 0.139 e. The molecule has 0 aromatic carbocycles. The van der Waals surface area contributed by atoms with Crippen molar-refractivity contribution in [2.75, 3.05) is 7.05 Å². The van der Waals surface area contributed by atoms with E-state index >= 15 is 0 Å². The molecule has 0 radical (unpaired) electrons. The minimum absolute atomic E-state index is 0.364. The van der Waals surface area contributed by atoms with Gasteiger partial charge in [0.15, 0.2) is 0 Å². The van der Waals surface area contributed by atoms with Crippen LogP contribution in [0, 0.1) is 0 Å². The molecule has 2 rings (SSSR count). The molecule has 0 aliphatic heterocycles. The number of fused-ring (bicyclic) bond motifs is 1. The van der Waals surface area contributed by atoms with E-state index in [1.165, 1.54) is 10.9 Å². The average molecular weight is 189 g/mol. The third-order valence-corrected chi connectivity index (χ3v) is 2.70. The van der Waals surface area contributed by atoms with Gasteiger partial charge >= 0.3 is 0 Å². The Bertz CT molecular complexity index is 445. The lowest BCUT2D eigenvalue weighted by atomic mass is 10.1. The summed E-state index contributed by atoms with van der Waals surface area (Å²) in [6, 6.07) is 4.55. The molecule has 74 valence electrons. The van der Waals surface area contributed by atoms with Crippen LogP contribution in [-0.2, 0) is 7.05 Å². The highest BCUT2D eigenvalue weighted by Crippen LogP contribution is 2.22. The predicted molar refractivity (Wildman–Crippen MR) is 58.2 cm³/mol. The molecule has 3 heteroatoms. The summed E-state index contributed by atoms with van der Waals surface area (Å²) in [6.07, 6.45) is 3.91. The van der Waals surface area contributed by atoms with Crippen molar-refractivity contribution in [3.63, 3.8) is 0 Å². The molecule has 0 aliphatic carbocycles. The molecule has 1 unspecified atom stereocenters. The topological polar surface area (TPSA) is 29.9 Å². The summed E-state index contributed by atoms with van der Waals surface area (Å²) in [4.78, 5) is 4.35. The molecule has 0 saturated carbocycles. The molecule has 3 nitrogen and oxygen atoms in total. The molecule has 0 fully saturated rings. The molecular weight excluding hydrogens is 174 g/mol. The summed E-state index contributed by atoms with van der Waals surface area (Å²) in [5.74, 6) is 0. The molecule has 1 N–H and O–H groups in total. The van der Waals surface area contributed by atoms with Crippen LogP contribution < -0.4 is 5.32 Å². The van der Waals surface area contributed by atoms with Crippen LogP contribution in [0.25, 0.3) is 11.0 Å². The van der Waals surface area contributed by atoms with Crippen LogP contribution in [0.1, 0.15) is 18.5 Å². The minimum Gasteiger partial charge on any atom is -0.336 e. The van der Waals surface area contributed by atoms with Crippen molar-refractivity contribution in [1.29, 1.82) is 0 Å². The SMILES string of the molecule is CNC(C)c1ccnc2c1ccn2C. The Labute approximate surface area is 83.8 Å². The number of rotatable bonds is 2. The van der Waals surface area contributed by atoms with Crippen LogP contribution in [0.2, 0.25) is 0 Å². The van der Waals surface area contributed by atoms with Gasteiger partial charge in [0.25, 0.3) is 0 Å². The zero-order valence-electron chi connectivity index (χ0n) is 8.78. The molecule has 0 aliphatic rings. The summed E-state index contributed by atoms with van der Waals surface area (Å²) in [7, 11) is 3.99. The van der Waals surface area contributed by atoms with Crippen molar-refractivity contribution in [2.24, 2.45) is 7.05 Å². The van der Waals surface area contributed by atoms with Gasteiger partial charge in [-0.05, 0) is 31.7 Å². The van der Waals surface area contributed by atoms with E-state index in [9.17, 15) is 0 Å². The molecule has 2 aromatic heterocycles. The lowest BCUT2D eigenvalue weighted by Crippen LogP contribution is -2.12. The van der Waals surface area contributed by atoms with Crippen molar-refractivity contribution < 1.29 is 0 Å². The molecule has 1 atom stereocenters. The van der Waals surface area contributed by atoms with E-state index in [2.05, 4.69) is 29.4 Å². The second kappa shape index (κ2) is 3.42. The number of nitrogens with one attached hydrogen (secondary N) is 1. The Hall–Kier alpha value is -1.35. The highest BCUT2D eigenvalue weighted by Gasteiger charge is 2.09. The lowest BCUT2D eigenvalue weighted by molar-refractivity contribution is 0.656. The molecule has 14 heavy (non-hydrogen) atoms. The zero-order chi connectivity index (χ0) is 10.1. The van der Waals surface area contributed by atoms with Crippen LogP contribution in [0.5, 0.6) is 0 Å². The number of aromatic nitrogens is 2. The van der Waals surface area contributed by atoms with Crippen LogP contribution in [0.3, 0.4) is 0 Å². The second-order valence-electron chi connectivity index (χ2n) is 3.57. The van der Waals surface area contributed by atoms with Gasteiger partial charge in [-0.15, -0.1) is 0 Å². The summed E-state index contributed by atoms with van der Waals surface area (Å²) < 4.78 is 2.04. The Morgan fingerprint density at radius 2 is 2.21 bits per heavy atom. The predicted octanol–water partition coefficient (Wildman–Crippen LogP) is 1.85. The third kappa shape index (κ3) is 1.30. The highest BCUT2D eigenvalue weighted by molar-refractivity contribution is 5.80. The summed E-state index contributed by atoms with van der Waals surface area (Å²) in [5.41, 5.74) is 2.35. The van der Waals surface area contributed by atoms with Crippen LogP contribution in [0.15, 0.2) is 24.5 Å². The molecule has 0 amide bonds. The van der Waals surface area contributed by atoms with Gasteiger partial charge in [-0.25, -0.2) is 4.98 Å². The summed E-state index contributed by atoms with van der Waals surface area (Å²) in [6.45, 7) is 2.15. The molecular formula is C11H15N3. The third-order valence-electron chi connectivity index (χ3n) is 2.70. The standard InChI is InChI=1S/C11H15N3/c1-8(12-2)9-4-6-13-11-10(9)5-7-14(11)3/h4-8,12H,1-3H3. The Balaban J connectivity index is 2.65. The van der Waals surface area contributed by atoms with E-state index < -0.39 is 0 Å². The van der Waals surface area contributed by atoms with Crippen molar-refractivity contribution in [2.45, 2.75) is 13.0 Å². The zero-order valence-corrected chi connectivity index (χ0v) is 8.78. The van der Waals surface area contributed by atoms with Gasteiger partial charge in [0, 0.05) is 30.9 Å². The Morgan fingerprint density at radius 1 is 1.43 bits per heavy atom. The Morgan fingerprint density at radius 3 is 2.93 bits per heavy atom. The summed E-state index contributed by atoms with van der Waals surface area (Å²) in [5, 5.41) is 4.48. The first-order valence-electron chi connectivity index (χ1n) is 4.81. The van der Waals surface area contributed by atoms with E-state index in [1.54, 1.807) is 0 Å². The normalized spacial score (nSPS) is 13.4. The number of pyridine rings is 1. The molecule has 0 saturated heterocycles. The summed E-state index contributed by atoms with van der Waals surface area (Å²) >= 11 is 0. The number of hydrogen-bond acceptors (Lipinski definition) is 2. The van der Waals surface area contributed by atoms with Gasteiger partial charge in [-0.3, -0.25) is 0 Å². The first kappa shape index (κ1) is 9.21. The minimum atomic E-state index is 0.364. The number of hydrogen-bond donors (Lipinski definition) is 1. The first-order chi connectivity index (χ1) is 6.74. The molecule has 0 spiro atoms. The van der Waals surface area contributed by atoms with Crippen molar-refractivity contribution in [3.8, 4) is 0 Å². The van der Waals surface area contributed by atoms with Gasteiger partial charge in [-0.2, -0.15) is 0 Å². The fraction of sp³-hybridized carbons (Fsp3) is 0.364. The van der Waals surface area contributed by atoms with Gasteiger partial charge < -0.3 is 9.88 Å². The van der Waals surface area contributed by atoms with Crippen molar-refractivity contribution in [1.82, 2.24) is 14.9 Å². The maximum absolute atomic E-state index is 4.35. The van der Waals surface area contributed by atoms with Crippen molar-refractivity contribution >= 4 is 11.0 Å². The number of nitrogens with zero attached hydrogens (tertiary/aromatic N) is 2. The van der Waals surface area contributed by atoms with Gasteiger partial charge in [0.1, 0.15) is 5.65 Å². The first-order valence-corrected chi connectivity index (χ1v) is 4.81. The Kier molecular flexibility index (Phi) is 2.25. The van der Waals surface area contributed by atoms with E-state index in [-0.39, 0.29) is 0 Å². The largest absolute Gasteiger partial charge is 0.336 e. The fourth-order valence-electron chi connectivity index (χ4n) is 1.72. The molecule has 2 heterocycles. The maximum atomic E-state index is 4.35. The highest BCUT2D eigenvalue weighted by atomic mass is 15.0. The van der Waals surface area contributed by atoms with Crippen molar-refractivity contribution in [3.05, 3.63) is 30.1 Å². The van der Waals surface area contributed by atoms with Gasteiger partial charge in [-0.1, -0.05) is 0 Å². The quantitative estimate of drug-likeness (QED) is 0.781.